The van der Waals surface area contributed by atoms with Gasteiger partial charge in [-0.1, -0.05) is 15.9 Å². The van der Waals surface area contributed by atoms with E-state index in [0.29, 0.717) is 11.0 Å². The number of carbonyl (C=O) groups is 1. The van der Waals surface area contributed by atoms with Crippen molar-refractivity contribution in [2.75, 3.05) is 12.3 Å². The minimum Gasteiger partial charge on any atom is -0.398 e. The second-order valence-electron chi connectivity index (χ2n) is 3.15. The Bertz CT molecular complexity index is 530. The lowest BCUT2D eigenvalue weighted by Crippen LogP contribution is -2.39. The number of hydrogen-bond donors (Lipinski definition) is 3. The Labute approximate surface area is 108 Å². The van der Waals surface area contributed by atoms with Crippen LogP contribution in [0, 0.1) is 0 Å². The highest BCUT2D eigenvalue weighted by Crippen LogP contribution is 2.22. The fourth-order valence-electron chi connectivity index (χ4n) is 1.11. The van der Waals surface area contributed by atoms with Crippen LogP contribution in [0.1, 0.15) is 6.92 Å². The van der Waals surface area contributed by atoms with E-state index in [9.17, 15) is 13.2 Å². The van der Waals surface area contributed by atoms with E-state index < -0.39 is 16.1 Å². The molecule has 0 heterocycles. The first-order chi connectivity index (χ1) is 7.86. The molecule has 17 heavy (non-hydrogen) atoms. The van der Waals surface area contributed by atoms with E-state index in [2.05, 4.69) is 21.2 Å². The van der Waals surface area contributed by atoms with E-state index in [1.165, 1.54) is 12.1 Å². The maximum absolute atomic E-state index is 11.8. The highest BCUT2D eigenvalue weighted by Gasteiger charge is 2.20. The van der Waals surface area contributed by atoms with Gasteiger partial charge in [0.2, 0.25) is 0 Å². The summed E-state index contributed by atoms with van der Waals surface area (Å²) in [5, 5.41) is 2.32. The number of sulfonamides is 1. The van der Waals surface area contributed by atoms with Gasteiger partial charge in [-0.15, -0.1) is 0 Å². The first-order valence-electron chi connectivity index (χ1n) is 4.72. The number of benzene rings is 1. The number of urea groups is 1. The Morgan fingerprint density at radius 2 is 2.12 bits per heavy atom. The summed E-state index contributed by atoms with van der Waals surface area (Å²) in [6.45, 7) is 2.01. The molecule has 0 unspecified atom stereocenters. The molecule has 2 amide bonds. The molecular formula is C9H12BrN3O3S. The molecule has 1 rings (SSSR count). The highest BCUT2D eigenvalue weighted by atomic mass is 79.9. The van der Waals surface area contributed by atoms with Crippen LogP contribution in [0.15, 0.2) is 27.6 Å². The molecule has 1 aromatic rings. The highest BCUT2D eigenvalue weighted by molar-refractivity contribution is 9.10. The predicted octanol–water partition coefficient (Wildman–Crippen LogP) is 1.04. The fourth-order valence-corrected chi connectivity index (χ4v) is 2.71. The number of amides is 2. The minimum absolute atomic E-state index is 0.0741. The van der Waals surface area contributed by atoms with Gasteiger partial charge < -0.3 is 11.1 Å². The largest absolute Gasteiger partial charge is 0.398 e. The van der Waals surface area contributed by atoms with Crippen LogP contribution < -0.4 is 15.8 Å². The number of halogens is 1. The smallest absolute Gasteiger partial charge is 0.328 e. The van der Waals surface area contributed by atoms with E-state index >= 15 is 0 Å². The summed E-state index contributed by atoms with van der Waals surface area (Å²) >= 11 is 3.14. The second kappa shape index (κ2) is 5.37. The number of rotatable bonds is 3. The Hall–Kier alpha value is -1.28. The van der Waals surface area contributed by atoms with Crippen LogP contribution in [-0.4, -0.2) is 21.0 Å². The van der Waals surface area contributed by atoms with Crippen LogP contribution in [-0.2, 0) is 10.0 Å². The molecule has 0 aliphatic carbocycles. The van der Waals surface area contributed by atoms with Crippen LogP contribution in [0.4, 0.5) is 10.5 Å². The number of nitrogens with one attached hydrogen (secondary N) is 2. The van der Waals surface area contributed by atoms with Crippen molar-refractivity contribution >= 4 is 37.7 Å². The summed E-state index contributed by atoms with van der Waals surface area (Å²) in [6, 6.07) is 3.60. The molecule has 0 radical (unpaired) electrons. The molecule has 8 heteroatoms. The van der Waals surface area contributed by atoms with Gasteiger partial charge in [0.15, 0.2) is 0 Å². The lowest BCUT2D eigenvalue weighted by atomic mass is 10.3. The second-order valence-corrected chi connectivity index (χ2v) is 5.71. The molecule has 0 spiro atoms. The fraction of sp³-hybridized carbons (Fsp3) is 0.222. The van der Waals surface area contributed by atoms with E-state index in [1.54, 1.807) is 13.0 Å². The van der Waals surface area contributed by atoms with Crippen LogP contribution in [0.5, 0.6) is 0 Å². The molecule has 4 N–H and O–H groups in total. The molecule has 0 saturated heterocycles. The van der Waals surface area contributed by atoms with E-state index in [-0.39, 0.29) is 10.6 Å². The van der Waals surface area contributed by atoms with Gasteiger partial charge in [0.1, 0.15) is 4.90 Å². The standard InChI is InChI=1S/C9H12BrN3O3S/c1-2-12-9(14)13-17(15,16)8-5-6(10)3-4-7(8)11/h3-5H,2,11H2,1H3,(H2,12,13,14). The average Bonchev–Trinajstić information content (AvgIpc) is 2.21. The molecule has 1 aromatic carbocycles. The van der Waals surface area contributed by atoms with Crippen molar-refractivity contribution in [2.24, 2.45) is 0 Å². The molecule has 0 bridgehead atoms. The zero-order valence-electron chi connectivity index (χ0n) is 9.03. The van der Waals surface area contributed by atoms with Gasteiger partial charge in [-0.2, -0.15) is 0 Å². The first-order valence-corrected chi connectivity index (χ1v) is 7.00. The Balaban J connectivity index is 3.05. The molecular weight excluding hydrogens is 310 g/mol. The first kappa shape index (κ1) is 13.8. The van der Waals surface area contributed by atoms with Crippen LogP contribution in [0.3, 0.4) is 0 Å². The zero-order chi connectivity index (χ0) is 13.1. The van der Waals surface area contributed by atoms with Gasteiger partial charge in [-0.3, -0.25) is 0 Å². The van der Waals surface area contributed by atoms with Crippen molar-refractivity contribution in [3.05, 3.63) is 22.7 Å². The summed E-state index contributed by atoms with van der Waals surface area (Å²) < 4.78 is 26.1. The summed E-state index contributed by atoms with van der Waals surface area (Å²) in [5.41, 5.74) is 5.63. The Morgan fingerprint density at radius 3 is 2.71 bits per heavy atom. The van der Waals surface area contributed by atoms with Crippen LogP contribution in [0.25, 0.3) is 0 Å². The van der Waals surface area contributed by atoms with Crippen molar-refractivity contribution < 1.29 is 13.2 Å². The van der Waals surface area contributed by atoms with Gasteiger partial charge in [-0.25, -0.2) is 17.9 Å². The number of nitrogens with two attached hydrogens (primary N) is 1. The van der Waals surface area contributed by atoms with Gasteiger partial charge in [0, 0.05) is 11.0 Å². The maximum atomic E-state index is 11.8. The van der Waals surface area contributed by atoms with Crippen LogP contribution in [0.2, 0.25) is 0 Å². The average molecular weight is 322 g/mol. The van der Waals surface area contributed by atoms with Crippen molar-refractivity contribution in [2.45, 2.75) is 11.8 Å². The summed E-state index contributed by atoms with van der Waals surface area (Å²) in [5.74, 6) is 0. The van der Waals surface area contributed by atoms with Crippen LogP contribution >= 0.6 is 15.9 Å². The molecule has 0 aliphatic heterocycles. The lowest BCUT2D eigenvalue weighted by molar-refractivity contribution is 0.246. The molecule has 0 aliphatic rings. The lowest BCUT2D eigenvalue weighted by Gasteiger charge is -2.09. The third-order valence-electron chi connectivity index (χ3n) is 1.83. The minimum atomic E-state index is -3.95. The molecule has 0 saturated carbocycles. The molecule has 94 valence electrons. The summed E-state index contributed by atoms with van der Waals surface area (Å²) in [6.07, 6.45) is 0. The van der Waals surface area contributed by atoms with Gasteiger partial charge in [-0.05, 0) is 25.1 Å². The van der Waals surface area contributed by atoms with Gasteiger partial charge in [0.05, 0.1) is 5.69 Å². The summed E-state index contributed by atoms with van der Waals surface area (Å²) in [7, 11) is -3.95. The SMILES string of the molecule is CCNC(=O)NS(=O)(=O)c1cc(Br)ccc1N. The molecule has 0 fully saturated rings. The topological polar surface area (TPSA) is 101 Å². The molecule has 0 atom stereocenters. The quantitative estimate of drug-likeness (QED) is 0.724. The van der Waals surface area contributed by atoms with Gasteiger partial charge in [0.25, 0.3) is 10.0 Å². The van der Waals surface area contributed by atoms with E-state index in [4.69, 9.17) is 5.73 Å². The number of carbonyl (C=O) groups excluding carboxylic acids is 1. The zero-order valence-corrected chi connectivity index (χ0v) is 11.4. The van der Waals surface area contributed by atoms with Crippen molar-refractivity contribution in [3.63, 3.8) is 0 Å². The van der Waals surface area contributed by atoms with Gasteiger partial charge >= 0.3 is 6.03 Å². The summed E-state index contributed by atoms with van der Waals surface area (Å²) in [4.78, 5) is 11.0. The monoisotopic (exact) mass is 321 g/mol. The predicted molar refractivity (Wildman–Crippen MR) is 67.9 cm³/mol. The molecule has 0 aromatic heterocycles. The molecule has 6 nitrogen and oxygen atoms in total. The number of nitrogen functional groups attached to an aromatic ring is 1. The van der Waals surface area contributed by atoms with Crippen molar-refractivity contribution in [1.29, 1.82) is 0 Å². The van der Waals surface area contributed by atoms with E-state index in [0.717, 1.165) is 0 Å². The maximum Gasteiger partial charge on any atom is 0.328 e. The third kappa shape index (κ3) is 3.60. The van der Waals surface area contributed by atoms with E-state index in [1.807, 2.05) is 4.72 Å². The van der Waals surface area contributed by atoms with Crippen molar-refractivity contribution in [1.82, 2.24) is 10.0 Å². The number of hydrogen-bond acceptors (Lipinski definition) is 4. The third-order valence-corrected chi connectivity index (χ3v) is 3.71. The normalized spacial score (nSPS) is 10.9. The number of anilines is 1. The Morgan fingerprint density at radius 1 is 1.47 bits per heavy atom. The Kier molecular flexibility index (Phi) is 4.35. The van der Waals surface area contributed by atoms with Crippen molar-refractivity contribution in [3.8, 4) is 0 Å².